The maximum absolute atomic E-state index is 14.3. The molecule has 0 aromatic heterocycles. The molecule has 3 N–H and O–H groups in total. The van der Waals surface area contributed by atoms with E-state index in [9.17, 15) is 39.6 Å². The van der Waals surface area contributed by atoms with Crippen LogP contribution >= 0.6 is 0 Å². The molecule has 56 heavy (non-hydrogen) atoms. The van der Waals surface area contributed by atoms with Crippen molar-refractivity contribution in [3.63, 3.8) is 0 Å². The molecular weight excluding hydrogens is 767 g/mol. The number of rotatable bonds is 9. The number of hydrogen-bond donors (Lipinski definition) is 2. The Morgan fingerprint density at radius 1 is 0.786 bits per heavy atom. The fourth-order valence-electron chi connectivity index (χ4n) is 8.37. The van der Waals surface area contributed by atoms with Crippen LogP contribution in [0.1, 0.15) is 94.2 Å². The summed E-state index contributed by atoms with van der Waals surface area (Å²) in [5, 5.41) is 7.12. The Bertz CT molecular complexity index is 1690. The molecule has 2 aromatic carbocycles. The van der Waals surface area contributed by atoms with Crippen molar-refractivity contribution in [1.82, 2.24) is 14.1 Å². The number of piperazine rings is 1. The number of amides is 1. The smallest absolute Gasteiger partial charge is 0.490 e. The van der Waals surface area contributed by atoms with Gasteiger partial charge in [0.2, 0.25) is 15.9 Å². The summed E-state index contributed by atoms with van der Waals surface area (Å²) in [6, 6.07) is 10.7. The molecular formula is C39H52F6N4O6S. The summed E-state index contributed by atoms with van der Waals surface area (Å²) in [6.07, 6.45) is 2.82. The first kappa shape index (κ1) is 43.7. The van der Waals surface area contributed by atoms with Crippen molar-refractivity contribution in [1.29, 1.82) is 0 Å². The van der Waals surface area contributed by atoms with Crippen LogP contribution in [-0.4, -0.2) is 97.1 Å². The Morgan fingerprint density at radius 3 is 1.88 bits per heavy atom. The molecule has 2 heterocycles. The first-order valence-corrected chi connectivity index (χ1v) is 20.9. The topological polar surface area (TPSA) is 133 Å². The van der Waals surface area contributed by atoms with Crippen LogP contribution in [0.5, 0.6) is 5.75 Å². The Kier molecular flexibility index (Phi) is 14.7. The van der Waals surface area contributed by atoms with E-state index in [-0.39, 0.29) is 41.9 Å². The number of alkyl halides is 6. The van der Waals surface area contributed by atoms with E-state index in [4.69, 9.17) is 20.4 Å². The van der Waals surface area contributed by atoms with E-state index >= 15 is 0 Å². The number of nitrogens with two attached hydrogens (primary N) is 1. The van der Waals surface area contributed by atoms with Crippen LogP contribution in [0.15, 0.2) is 53.4 Å². The number of piperidine rings is 1. The van der Waals surface area contributed by atoms with Crippen LogP contribution in [0.2, 0.25) is 0 Å². The molecule has 0 radical (unpaired) electrons. The van der Waals surface area contributed by atoms with Gasteiger partial charge >= 0.3 is 18.3 Å². The Labute approximate surface area is 324 Å². The highest BCUT2D eigenvalue weighted by Gasteiger charge is 2.45. The van der Waals surface area contributed by atoms with Gasteiger partial charge in [0.1, 0.15) is 11.8 Å². The Balaban J connectivity index is 0.000000784. The predicted molar refractivity (Wildman–Crippen MR) is 196 cm³/mol. The van der Waals surface area contributed by atoms with Gasteiger partial charge in [0.05, 0.1) is 17.1 Å². The number of sulfonamides is 1. The van der Waals surface area contributed by atoms with Crippen molar-refractivity contribution in [2.45, 2.75) is 112 Å². The van der Waals surface area contributed by atoms with Crippen molar-refractivity contribution < 1.29 is 54.2 Å². The van der Waals surface area contributed by atoms with Gasteiger partial charge in [-0.2, -0.15) is 30.6 Å². The van der Waals surface area contributed by atoms with Crippen LogP contribution in [0.25, 0.3) is 0 Å². The third kappa shape index (κ3) is 11.4. The molecule has 6 rings (SSSR count). The average Bonchev–Trinajstić information content (AvgIpc) is 3.18. The zero-order valence-electron chi connectivity index (χ0n) is 31.3. The molecule has 1 unspecified atom stereocenters. The van der Waals surface area contributed by atoms with Crippen LogP contribution in [0.4, 0.5) is 26.3 Å². The number of carbonyl (C=O) groups is 2. The molecule has 2 aromatic rings. The van der Waals surface area contributed by atoms with Crippen molar-refractivity contribution in [2.24, 2.45) is 17.6 Å². The number of carboxylic acid groups (broad SMARTS) is 1. The van der Waals surface area contributed by atoms with E-state index in [1.54, 1.807) is 41.3 Å². The summed E-state index contributed by atoms with van der Waals surface area (Å²) in [4.78, 5) is 27.2. The average molecular weight is 819 g/mol. The molecule has 0 spiro atoms. The zero-order valence-corrected chi connectivity index (χ0v) is 32.1. The molecule has 2 saturated heterocycles. The number of halogens is 6. The summed E-state index contributed by atoms with van der Waals surface area (Å²) >= 11 is 0. The van der Waals surface area contributed by atoms with Gasteiger partial charge in [0.25, 0.3) is 0 Å². The van der Waals surface area contributed by atoms with Crippen LogP contribution in [0.3, 0.4) is 0 Å². The highest BCUT2D eigenvalue weighted by Crippen LogP contribution is 2.41. The van der Waals surface area contributed by atoms with Crippen molar-refractivity contribution in [3.05, 3.63) is 59.7 Å². The van der Waals surface area contributed by atoms with Gasteiger partial charge in [-0.3, -0.25) is 9.69 Å². The number of likely N-dealkylation sites (tertiary alicyclic amines) is 1. The van der Waals surface area contributed by atoms with E-state index in [0.717, 1.165) is 62.6 Å². The molecule has 2 aliphatic heterocycles. The number of carbonyl (C=O) groups excluding carboxylic acids is 1. The summed E-state index contributed by atoms with van der Waals surface area (Å²) in [6.45, 7) is 2.15. The maximum Gasteiger partial charge on any atom is 0.490 e. The lowest BCUT2D eigenvalue weighted by molar-refractivity contribution is -0.192. The van der Waals surface area contributed by atoms with Gasteiger partial charge in [0.15, 0.2) is 0 Å². The van der Waals surface area contributed by atoms with Crippen LogP contribution in [-0.2, 0) is 25.8 Å². The lowest BCUT2D eigenvalue weighted by Crippen LogP contribution is -2.62. The van der Waals surface area contributed by atoms with E-state index in [1.165, 1.54) is 23.6 Å². The molecule has 2 atom stereocenters. The summed E-state index contributed by atoms with van der Waals surface area (Å²) in [5.41, 5.74) is 6.21. The Hall–Kier alpha value is -3.41. The number of ether oxygens (including phenoxy) is 1. The monoisotopic (exact) mass is 818 g/mol. The summed E-state index contributed by atoms with van der Waals surface area (Å²) in [7, 11) is -4.06. The van der Waals surface area contributed by atoms with E-state index < -0.39 is 40.0 Å². The normalized spacial score (nSPS) is 22.2. The molecule has 2 aliphatic carbocycles. The minimum atomic E-state index is -5.08. The largest absolute Gasteiger partial charge is 0.493 e. The van der Waals surface area contributed by atoms with Gasteiger partial charge in [-0.15, -0.1) is 0 Å². The number of benzene rings is 2. The summed E-state index contributed by atoms with van der Waals surface area (Å²) < 4.78 is 108. The highest BCUT2D eigenvalue weighted by atomic mass is 32.2. The van der Waals surface area contributed by atoms with Crippen LogP contribution in [0, 0.1) is 11.8 Å². The lowest BCUT2D eigenvalue weighted by atomic mass is 9.79. The van der Waals surface area contributed by atoms with E-state index in [2.05, 4.69) is 4.90 Å². The SMILES string of the molecule is NC1CCN(C(=O)[C@@H]2CN(C(c3ccc(C(F)(F)F)cc3)C3CCCCC3)CCN2S(=O)(=O)c2ccc(OCC3CCCCC3)cc2)CC1.O=C(O)C(F)(F)F. The standard InChI is InChI=1S/C37H51F3N4O4S.C2HF3O2/c38-37(39,40)30-13-11-29(12-14-30)35(28-9-5-2-6-10-28)43-23-24-44(34(25-43)36(45)42-21-19-31(41)20-22-42)49(46,47)33-17-15-32(16-18-33)48-26-27-7-3-1-4-8-27;3-2(4,5)1(6)7/h11-18,27-28,31,34-35H,1-10,19-26,41H2;(H,6,7)/t34-,35?;/m0./s1. The van der Waals surface area contributed by atoms with Crippen molar-refractivity contribution >= 4 is 21.9 Å². The van der Waals surface area contributed by atoms with Gasteiger partial charge < -0.3 is 20.5 Å². The second-order valence-electron chi connectivity index (χ2n) is 15.3. The minimum absolute atomic E-state index is 0.000869. The van der Waals surface area contributed by atoms with Crippen molar-refractivity contribution in [2.75, 3.05) is 39.3 Å². The first-order chi connectivity index (χ1) is 26.4. The Morgan fingerprint density at radius 2 is 1.34 bits per heavy atom. The molecule has 312 valence electrons. The quantitative estimate of drug-likeness (QED) is 0.253. The molecule has 0 bridgehead atoms. The molecule has 4 aliphatic rings. The van der Waals surface area contributed by atoms with Crippen molar-refractivity contribution in [3.8, 4) is 5.75 Å². The summed E-state index contributed by atoms with van der Waals surface area (Å²) in [5.74, 6) is -1.67. The van der Waals surface area contributed by atoms with Gasteiger partial charge in [-0.05, 0) is 92.3 Å². The molecule has 2 saturated carbocycles. The maximum atomic E-state index is 14.3. The second kappa shape index (κ2) is 18.9. The zero-order chi connectivity index (χ0) is 40.7. The van der Waals surface area contributed by atoms with Gasteiger partial charge in [-0.25, -0.2) is 13.2 Å². The third-order valence-electron chi connectivity index (χ3n) is 11.5. The number of carboxylic acids is 1. The fourth-order valence-corrected chi connectivity index (χ4v) is 9.94. The fraction of sp³-hybridized carbons (Fsp3) is 0.641. The third-order valence-corrected chi connectivity index (χ3v) is 13.4. The number of hydrogen-bond acceptors (Lipinski definition) is 7. The van der Waals surface area contributed by atoms with Gasteiger partial charge in [-0.1, -0.05) is 50.7 Å². The predicted octanol–water partition coefficient (Wildman–Crippen LogP) is 7.24. The number of nitrogens with zero attached hydrogens (tertiary/aromatic N) is 3. The number of aliphatic carboxylic acids is 1. The molecule has 10 nitrogen and oxygen atoms in total. The first-order valence-electron chi connectivity index (χ1n) is 19.5. The molecule has 1 amide bonds. The lowest BCUT2D eigenvalue weighted by Gasteiger charge is -2.47. The van der Waals surface area contributed by atoms with Gasteiger partial charge in [0, 0.05) is 44.8 Å². The van der Waals surface area contributed by atoms with Crippen LogP contribution < -0.4 is 10.5 Å². The van der Waals surface area contributed by atoms with E-state index in [0.29, 0.717) is 50.8 Å². The molecule has 17 heteroatoms. The second-order valence-corrected chi connectivity index (χ2v) is 17.2. The minimum Gasteiger partial charge on any atom is -0.493 e. The highest BCUT2D eigenvalue weighted by molar-refractivity contribution is 7.89. The van der Waals surface area contributed by atoms with E-state index in [1.807, 2.05) is 0 Å². The molecule has 4 fully saturated rings.